The molecule has 5 heterocycles. The van der Waals surface area contributed by atoms with Crippen molar-refractivity contribution >= 4 is 33.6 Å². The van der Waals surface area contributed by atoms with Crippen molar-refractivity contribution in [2.45, 2.75) is 123 Å². The molecule has 2 aliphatic heterocycles. The first-order valence-corrected chi connectivity index (χ1v) is 20.1. The molecule has 2 aliphatic rings. The second-order valence-electron chi connectivity index (χ2n) is 15.9. The summed E-state index contributed by atoms with van der Waals surface area (Å²) in [7, 11) is 0. The fraction of sp³-hybridized carbons (Fsp3) is 0.548. The van der Waals surface area contributed by atoms with E-state index in [-0.39, 0.29) is 24.2 Å². The fourth-order valence-electron chi connectivity index (χ4n) is 8.31. The molecule has 0 saturated carbocycles. The minimum absolute atomic E-state index is 0.0775. The molecule has 2 saturated heterocycles. The van der Waals surface area contributed by atoms with E-state index in [1.165, 1.54) is 27.6 Å². The third-order valence-electron chi connectivity index (χ3n) is 11.1. The summed E-state index contributed by atoms with van der Waals surface area (Å²) in [6, 6.07) is 13.5. The Morgan fingerprint density at radius 1 is 1.02 bits per heavy atom. The van der Waals surface area contributed by atoms with Gasteiger partial charge in [0, 0.05) is 54.9 Å². The van der Waals surface area contributed by atoms with Crippen LogP contribution in [0.1, 0.15) is 113 Å². The largest absolute Gasteiger partial charge is 0.447 e. The van der Waals surface area contributed by atoms with Crippen molar-refractivity contribution in [3.05, 3.63) is 75.9 Å². The van der Waals surface area contributed by atoms with Crippen molar-refractivity contribution in [1.82, 2.24) is 30.4 Å². The molecule has 9 nitrogen and oxygen atoms in total. The van der Waals surface area contributed by atoms with Crippen molar-refractivity contribution in [3.63, 3.8) is 0 Å². The van der Waals surface area contributed by atoms with Gasteiger partial charge in [-0.2, -0.15) is 0 Å². The summed E-state index contributed by atoms with van der Waals surface area (Å²) in [6.07, 6.45) is 7.87. The minimum atomic E-state index is -0.630. The van der Waals surface area contributed by atoms with E-state index in [1.54, 1.807) is 11.3 Å². The highest BCUT2D eigenvalue weighted by molar-refractivity contribution is 7.19. The maximum atomic E-state index is 14.1. The van der Waals surface area contributed by atoms with Crippen molar-refractivity contribution in [2.75, 3.05) is 26.2 Å². The summed E-state index contributed by atoms with van der Waals surface area (Å²) in [5.41, 5.74) is 6.63. The van der Waals surface area contributed by atoms with Crippen LogP contribution in [0.25, 0.3) is 21.5 Å². The number of likely N-dealkylation sites (tertiary alicyclic amines) is 2. The van der Waals surface area contributed by atoms with Crippen LogP contribution in [0.2, 0.25) is 0 Å². The van der Waals surface area contributed by atoms with Gasteiger partial charge in [-0.05, 0) is 133 Å². The molecule has 1 aromatic carbocycles. The Labute approximate surface area is 313 Å². The smallest absolute Gasteiger partial charge is 0.409 e. The van der Waals surface area contributed by atoms with Gasteiger partial charge in [-0.25, -0.2) is 4.79 Å². The van der Waals surface area contributed by atoms with Gasteiger partial charge in [0.2, 0.25) is 5.91 Å². The number of fused-ring (bicyclic) bond motifs is 1. The van der Waals surface area contributed by atoms with Crippen molar-refractivity contribution in [3.8, 4) is 11.3 Å². The minimum Gasteiger partial charge on any atom is -0.447 e. The molecular weight excluding hydrogens is 669 g/mol. The molecule has 3 aromatic heterocycles. The van der Waals surface area contributed by atoms with Crippen LogP contribution in [-0.4, -0.2) is 76.4 Å². The Hall–Kier alpha value is -3.73. The van der Waals surface area contributed by atoms with E-state index in [9.17, 15) is 9.59 Å². The van der Waals surface area contributed by atoms with Crippen molar-refractivity contribution in [1.29, 1.82) is 0 Å². The number of carbonyl (C=O) groups excluding carboxylic acids is 2. The average Bonchev–Trinajstić information content (AvgIpc) is 3.85. The number of piperidine rings is 1. The number of H-pyrrole nitrogens is 1. The molecule has 0 radical (unpaired) electrons. The fourth-order valence-corrected chi connectivity index (χ4v) is 9.48. The average molecular weight is 727 g/mol. The number of pyridine rings is 1. The third-order valence-corrected chi connectivity index (χ3v) is 12.5. The molecule has 52 heavy (non-hydrogen) atoms. The van der Waals surface area contributed by atoms with Crippen LogP contribution >= 0.6 is 11.3 Å². The number of nitrogens with one attached hydrogen (secondary N) is 3. The lowest BCUT2D eigenvalue weighted by atomic mass is 9.88. The number of carbonyl (C=O) groups is 2. The Morgan fingerprint density at radius 2 is 1.71 bits per heavy atom. The van der Waals surface area contributed by atoms with Crippen LogP contribution in [0.3, 0.4) is 0 Å². The van der Waals surface area contributed by atoms with Crippen molar-refractivity contribution in [2.24, 2.45) is 0 Å². The summed E-state index contributed by atoms with van der Waals surface area (Å²) in [4.78, 5) is 41.7. The molecule has 4 aromatic rings. The van der Waals surface area contributed by atoms with Gasteiger partial charge in [0.15, 0.2) is 0 Å². The van der Waals surface area contributed by atoms with Crippen LogP contribution in [0, 0.1) is 13.8 Å². The Balaban J connectivity index is 1.29. The van der Waals surface area contributed by atoms with Gasteiger partial charge in [-0.1, -0.05) is 31.0 Å². The van der Waals surface area contributed by atoms with Crippen LogP contribution < -0.4 is 10.6 Å². The summed E-state index contributed by atoms with van der Waals surface area (Å²) in [6.45, 7) is 19.8. The molecule has 0 spiro atoms. The third kappa shape index (κ3) is 8.24. The summed E-state index contributed by atoms with van der Waals surface area (Å²) in [5, 5.41) is 8.04. The van der Waals surface area contributed by atoms with Crippen LogP contribution in [0.15, 0.2) is 48.8 Å². The number of amides is 2. The predicted molar refractivity (Wildman–Crippen MR) is 212 cm³/mol. The molecule has 6 rings (SSSR count). The zero-order valence-electron chi connectivity index (χ0n) is 32.3. The highest BCUT2D eigenvalue weighted by Crippen LogP contribution is 2.44. The van der Waals surface area contributed by atoms with Gasteiger partial charge in [0.05, 0.1) is 17.2 Å². The first-order valence-electron chi connectivity index (χ1n) is 19.3. The maximum Gasteiger partial charge on any atom is 0.409 e. The van der Waals surface area contributed by atoms with Crippen LogP contribution in [0.4, 0.5) is 4.79 Å². The Bertz CT molecular complexity index is 1820. The molecule has 0 aliphatic carbocycles. The number of aromatic nitrogens is 2. The van der Waals surface area contributed by atoms with Gasteiger partial charge < -0.3 is 14.6 Å². The number of nitrogens with zero attached hydrogens (tertiary/aromatic N) is 3. The summed E-state index contributed by atoms with van der Waals surface area (Å²) in [5.74, 6) is 0.771. The first kappa shape index (κ1) is 38.0. The normalized spacial score (nSPS) is 18.6. The number of aromatic amines is 1. The van der Waals surface area contributed by atoms with Gasteiger partial charge in [0.25, 0.3) is 0 Å². The number of thiophene rings is 1. The van der Waals surface area contributed by atoms with Gasteiger partial charge in [-0.15, -0.1) is 11.3 Å². The number of ether oxygens (including phenoxy) is 1. The van der Waals surface area contributed by atoms with E-state index in [2.05, 4.69) is 108 Å². The number of hydrogen-bond donors (Lipinski definition) is 3. The van der Waals surface area contributed by atoms with Gasteiger partial charge >= 0.3 is 6.09 Å². The van der Waals surface area contributed by atoms with Gasteiger partial charge in [-0.3, -0.25) is 25.3 Å². The monoisotopic (exact) mass is 726 g/mol. The lowest BCUT2D eigenvalue weighted by molar-refractivity contribution is -0.137. The van der Waals surface area contributed by atoms with E-state index >= 15 is 0 Å². The highest BCUT2D eigenvalue weighted by Gasteiger charge is 2.40. The number of rotatable bonds is 12. The quantitative estimate of drug-likeness (QED) is 0.127. The number of benzene rings is 1. The molecular formula is C42H58N6O3S. The van der Waals surface area contributed by atoms with Crippen LogP contribution in [-0.2, 0) is 14.9 Å². The van der Waals surface area contributed by atoms with E-state index in [0.717, 1.165) is 72.7 Å². The molecule has 10 heteroatoms. The topological polar surface area (TPSA) is 103 Å². The van der Waals surface area contributed by atoms with E-state index < -0.39 is 11.5 Å². The standard InChI is InChI=1S/C42H58N6O3S/c1-9-33-11-10-18-48(33)39(49)42(7,8)35-24-34-36(37(45-38(34)52-35)32-22-27(4)21-28(5)23-32)29(6)25-44-40(46-41(50)51-26(2)3)47-19-14-31(15-20-47)30-12-16-43-17-13-30/h12-13,16-17,21-24,26,29,31,33,40,44-45H,9-11,14-15,18-20,25H2,1-8H3,(H,46,50)/t29-,33?,40?/m1/s1. The number of aryl methyl sites for hydroxylation is 2. The number of hydrogen-bond acceptors (Lipinski definition) is 7. The molecule has 3 N–H and O–H groups in total. The SMILES string of the molecule is CCC1CCCN1C(=O)C(C)(C)c1cc2c([C@H](C)CNC(NC(=O)OC(C)C)N3CCC(c4ccncc4)CC3)c(-c3cc(C)cc(C)c3)[nH]c2s1. The van der Waals surface area contributed by atoms with E-state index in [0.29, 0.717) is 18.5 Å². The Morgan fingerprint density at radius 3 is 2.37 bits per heavy atom. The molecule has 2 unspecified atom stereocenters. The first-order chi connectivity index (χ1) is 24.8. The van der Waals surface area contributed by atoms with Gasteiger partial charge in [0.1, 0.15) is 11.1 Å². The van der Waals surface area contributed by atoms with E-state index in [1.807, 2.05) is 26.2 Å². The predicted octanol–water partition coefficient (Wildman–Crippen LogP) is 8.58. The lowest BCUT2D eigenvalue weighted by Crippen LogP contribution is -2.59. The molecule has 0 bridgehead atoms. The Kier molecular flexibility index (Phi) is 11.8. The molecule has 280 valence electrons. The van der Waals surface area contributed by atoms with Crippen molar-refractivity contribution < 1.29 is 14.3 Å². The second kappa shape index (κ2) is 16.1. The zero-order valence-corrected chi connectivity index (χ0v) is 33.2. The second-order valence-corrected chi connectivity index (χ2v) is 16.9. The maximum absolute atomic E-state index is 14.1. The molecule has 2 amide bonds. The highest BCUT2D eigenvalue weighted by atomic mass is 32.1. The zero-order chi connectivity index (χ0) is 37.2. The van der Waals surface area contributed by atoms with Crippen LogP contribution in [0.5, 0.6) is 0 Å². The molecule has 2 fully saturated rings. The number of alkyl carbamates (subject to hydrolysis) is 1. The molecule has 3 atom stereocenters. The summed E-state index contributed by atoms with van der Waals surface area (Å²) >= 11 is 1.71. The summed E-state index contributed by atoms with van der Waals surface area (Å²) < 4.78 is 5.54. The van der Waals surface area contributed by atoms with E-state index in [4.69, 9.17) is 4.74 Å². The lowest BCUT2D eigenvalue weighted by Gasteiger charge is -2.38.